The third-order valence-corrected chi connectivity index (χ3v) is 4.80. The Hall–Kier alpha value is -2.67. The largest absolute Gasteiger partial charge is 0.440 e. The number of amides is 1. The van der Waals surface area contributed by atoms with E-state index in [1.165, 1.54) is 0 Å². The predicted molar refractivity (Wildman–Crippen MR) is 96.9 cm³/mol. The number of aromatic nitrogens is 2. The molecule has 1 aliphatic rings. The van der Waals surface area contributed by atoms with E-state index in [-0.39, 0.29) is 5.91 Å². The van der Waals surface area contributed by atoms with Crippen LogP contribution in [0.25, 0.3) is 11.1 Å². The summed E-state index contributed by atoms with van der Waals surface area (Å²) < 4.78 is 10.8. The van der Waals surface area contributed by atoms with E-state index >= 15 is 0 Å². The SMILES string of the molecule is Cc1cc(NC(=O)CCN2CCC(c3nc4ccccc4o3)CC2)no1. The first-order valence-electron chi connectivity index (χ1n) is 8.98. The molecule has 0 aliphatic carbocycles. The van der Waals surface area contributed by atoms with Crippen LogP contribution in [0, 0.1) is 6.92 Å². The summed E-state index contributed by atoms with van der Waals surface area (Å²) in [7, 11) is 0. The Morgan fingerprint density at radius 2 is 2.12 bits per heavy atom. The van der Waals surface area contributed by atoms with Gasteiger partial charge in [-0.2, -0.15) is 0 Å². The van der Waals surface area contributed by atoms with E-state index in [4.69, 9.17) is 8.94 Å². The van der Waals surface area contributed by atoms with Gasteiger partial charge in [0.1, 0.15) is 11.3 Å². The highest BCUT2D eigenvalue weighted by Gasteiger charge is 2.24. The van der Waals surface area contributed by atoms with E-state index in [9.17, 15) is 4.79 Å². The first-order valence-corrected chi connectivity index (χ1v) is 8.98. The van der Waals surface area contributed by atoms with Crippen LogP contribution in [0.5, 0.6) is 0 Å². The molecule has 1 fully saturated rings. The molecule has 7 nitrogen and oxygen atoms in total. The number of rotatable bonds is 5. The minimum absolute atomic E-state index is 0.0422. The van der Waals surface area contributed by atoms with Crippen molar-refractivity contribution >= 4 is 22.8 Å². The van der Waals surface area contributed by atoms with E-state index in [0.29, 0.717) is 23.9 Å². The number of fused-ring (bicyclic) bond motifs is 1. The van der Waals surface area contributed by atoms with Gasteiger partial charge in [0.25, 0.3) is 0 Å². The highest BCUT2D eigenvalue weighted by molar-refractivity contribution is 5.89. The van der Waals surface area contributed by atoms with Gasteiger partial charge in [0.2, 0.25) is 5.91 Å². The maximum absolute atomic E-state index is 12.0. The normalized spacial score (nSPS) is 16.2. The van der Waals surface area contributed by atoms with Crippen LogP contribution >= 0.6 is 0 Å². The van der Waals surface area contributed by atoms with Crippen molar-refractivity contribution in [3.63, 3.8) is 0 Å². The first-order chi connectivity index (χ1) is 12.7. The third kappa shape index (κ3) is 3.77. The maximum atomic E-state index is 12.0. The molecule has 26 heavy (non-hydrogen) atoms. The molecule has 0 radical (unpaired) electrons. The molecule has 0 unspecified atom stereocenters. The molecule has 3 aromatic rings. The molecule has 0 spiro atoms. The van der Waals surface area contributed by atoms with Gasteiger partial charge in [0.15, 0.2) is 17.3 Å². The summed E-state index contributed by atoms with van der Waals surface area (Å²) >= 11 is 0. The molecule has 1 saturated heterocycles. The summed E-state index contributed by atoms with van der Waals surface area (Å²) in [5.74, 6) is 2.30. The average molecular weight is 354 g/mol. The van der Waals surface area contributed by atoms with Gasteiger partial charge >= 0.3 is 0 Å². The molecular weight excluding hydrogens is 332 g/mol. The molecule has 1 amide bonds. The zero-order valence-corrected chi connectivity index (χ0v) is 14.8. The average Bonchev–Trinajstić information content (AvgIpc) is 3.26. The number of oxazole rings is 1. The molecule has 2 aromatic heterocycles. The Balaban J connectivity index is 1.25. The van der Waals surface area contributed by atoms with Crippen molar-refractivity contribution in [3.8, 4) is 0 Å². The Kier molecular flexibility index (Phi) is 4.71. The van der Waals surface area contributed by atoms with Gasteiger partial charge in [0, 0.05) is 24.9 Å². The minimum Gasteiger partial charge on any atom is -0.440 e. The standard InChI is InChI=1S/C19H22N4O3/c1-13-12-17(22-26-13)21-18(24)8-11-23-9-6-14(7-10-23)19-20-15-4-2-3-5-16(15)25-19/h2-5,12,14H,6-11H2,1H3,(H,21,22,24). The number of nitrogens with zero attached hydrogens (tertiary/aromatic N) is 3. The van der Waals surface area contributed by atoms with Crippen LogP contribution in [0.15, 0.2) is 39.3 Å². The fourth-order valence-electron chi connectivity index (χ4n) is 3.36. The van der Waals surface area contributed by atoms with Crippen molar-refractivity contribution in [1.82, 2.24) is 15.0 Å². The number of benzene rings is 1. The lowest BCUT2D eigenvalue weighted by atomic mass is 9.96. The topological polar surface area (TPSA) is 84.4 Å². The molecule has 136 valence electrons. The van der Waals surface area contributed by atoms with Crippen LogP contribution in [0.1, 0.15) is 36.8 Å². The number of piperidine rings is 1. The number of aryl methyl sites for hydroxylation is 1. The fraction of sp³-hybridized carbons (Fsp3) is 0.421. The highest BCUT2D eigenvalue weighted by Crippen LogP contribution is 2.29. The maximum Gasteiger partial charge on any atom is 0.226 e. The molecule has 3 heterocycles. The molecule has 4 rings (SSSR count). The van der Waals surface area contributed by atoms with Gasteiger partial charge in [-0.15, -0.1) is 0 Å². The van der Waals surface area contributed by atoms with Crippen LogP contribution in [0.3, 0.4) is 0 Å². The molecule has 0 bridgehead atoms. The number of hydrogen-bond acceptors (Lipinski definition) is 6. The monoisotopic (exact) mass is 354 g/mol. The number of carbonyl (C=O) groups excluding carboxylic acids is 1. The third-order valence-electron chi connectivity index (χ3n) is 4.80. The number of nitrogens with one attached hydrogen (secondary N) is 1. The lowest BCUT2D eigenvalue weighted by Gasteiger charge is -2.30. The highest BCUT2D eigenvalue weighted by atomic mass is 16.5. The van der Waals surface area contributed by atoms with Crippen molar-refractivity contribution in [2.45, 2.75) is 32.1 Å². The van der Waals surface area contributed by atoms with Gasteiger partial charge in [-0.1, -0.05) is 17.3 Å². The van der Waals surface area contributed by atoms with Crippen molar-refractivity contribution in [2.24, 2.45) is 0 Å². The summed E-state index contributed by atoms with van der Waals surface area (Å²) in [4.78, 5) is 18.9. The summed E-state index contributed by atoms with van der Waals surface area (Å²) in [5, 5.41) is 6.53. The summed E-state index contributed by atoms with van der Waals surface area (Å²) in [5.41, 5.74) is 1.77. The zero-order valence-electron chi connectivity index (χ0n) is 14.8. The van der Waals surface area contributed by atoms with Gasteiger partial charge in [-0.25, -0.2) is 4.98 Å². The van der Waals surface area contributed by atoms with Crippen LogP contribution in [-0.2, 0) is 4.79 Å². The van der Waals surface area contributed by atoms with Crippen molar-refractivity contribution < 1.29 is 13.7 Å². The van der Waals surface area contributed by atoms with Gasteiger partial charge in [-0.05, 0) is 45.0 Å². The van der Waals surface area contributed by atoms with Gasteiger partial charge in [0.05, 0.1) is 0 Å². The molecule has 1 aromatic carbocycles. The van der Waals surface area contributed by atoms with Crippen LogP contribution in [0.2, 0.25) is 0 Å². The van der Waals surface area contributed by atoms with Crippen LogP contribution in [-0.4, -0.2) is 40.6 Å². The van der Waals surface area contributed by atoms with Crippen LogP contribution in [0.4, 0.5) is 5.82 Å². The second-order valence-corrected chi connectivity index (χ2v) is 6.76. The summed E-state index contributed by atoms with van der Waals surface area (Å²) in [6.07, 6.45) is 2.44. The summed E-state index contributed by atoms with van der Waals surface area (Å²) in [6, 6.07) is 9.58. The van der Waals surface area contributed by atoms with Crippen molar-refractivity contribution in [2.75, 3.05) is 25.0 Å². The number of anilines is 1. The second-order valence-electron chi connectivity index (χ2n) is 6.76. The minimum atomic E-state index is -0.0422. The molecule has 0 atom stereocenters. The van der Waals surface area contributed by atoms with Gasteiger partial charge < -0.3 is 19.2 Å². The van der Waals surface area contributed by atoms with E-state index < -0.39 is 0 Å². The van der Waals surface area contributed by atoms with E-state index in [0.717, 1.165) is 49.5 Å². The van der Waals surface area contributed by atoms with E-state index in [1.807, 2.05) is 24.3 Å². The quantitative estimate of drug-likeness (QED) is 0.756. The Morgan fingerprint density at radius 3 is 2.85 bits per heavy atom. The Bertz CT molecular complexity index is 860. The fourth-order valence-corrected chi connectivity index (χ4v) is 3.36. The molecular formula is C19H22N4O3. The molecule has 1 aliphatic heterocycles. The smallest absolute Gasteiger partial charge is 0.226 e. The molecule has 7 heteroatoms. The number of likely N-dealkylation sites (tertiary alicyclic amines) is 1. The van der Waals surface area contributed by atoms with E-state index in [1.54, 1.807) is 13.0 Å². The lowest BCUT2D eigenvalue weighted by molar-refractivity contribution is -0.116. The van der Waals surface area contributed by atoms with Crippen LogP contribution < -0.4 is 5.32 Å². The summed E-state index contributed by atoms with van der Waals surface area (Å²) in [6.45, 7) is 4.42. The van der Waals surface area contributed by atoms with E-state index in [2.05, 4.69) is 20.4 Å². The Labute approximate surface area is 151 Å². The Morgan fingerprint density at radius 1 is 1.31 bits per heavy atom. The number of hydrogen-bond donors (Lipinski definition) is 1. The predicted octanol–water partition coefficient (Wildman–Crippen LogP) is 3.33. The number of para-hydroxylation sites is 2. The zero-order chi connectivity index (χ0) is 17.9. The number of carbonyl (C=O) groups is 1. The van der Waals surface area contributed by atoms with Crippen molar-refractivity contribution in [1.29, 1.82) is 0 Å². The first kappa shape index (κ1) is 16.8. The van der Waals surface area contributed by atoms with Crippen molar-refractivity contribution in [3.05, 3.63) is 42.0 Å². The molecule has 1 N–H and O–H groups in total. The second kappa shape index (κ2) is 7.29. The molecule has 0 saturated carbocycles. The lowest BCUT2D eigenvalue weighted by Crippen LogP contribution is -2.35. The van der Waals surface area contributed by atoms with Gasteiger partial charge in [-0.3, -0.25) is 4.79 Å².